The summed E-state index contributed by atoms with van der Waals surface area (Å²) >= 11 is 5.09. The topological polar surface area (TPSA) is 46.5 Å². The van der Waals surface area contributed by atoms with E-state index < -0.39 is 17.6 Å². The molecular formula is C21H25BrO3S. The van der Waals surface area contributed by atoms with Gasteiger partial charge in [-0.25, -0.2) is 0 Å². The van der Waals surface area contributed by atoms with E-state index in [2.05, 4.69) is 15.9 Å². The zero-order valence-electron chi connectivity index (χ0n) is 15.5. The molecular weight excluding hydrogens is 412 g/mol. The Bertz CT molecular complexity index is 728. The minimum absolute atomic E-state index is 0.182. The van der Waals surface area contributed by atoms with Crippen LogP contribution in [0.5, 0.6) is 0 Å². The Hall–Kier alpha value is -1.30. The average Bonchev–Trinajstić information content (AvgIpc) is 2.56. The fourth-order valence-corrected chi connectivity index (χ4v) is 4.33. The van der Waals surface area contributed by atoms with Crippen molar-refractivity contribution in [3.05, 3.63) is 64.6 Å². The van der Waals surface area contributed by atoms with Gasteiger partial charge in [0.1, 0.15) is 5.60 Å². The third-order valence-corrected chi connectivity index (χ3v) is 6.04. The summed E-state index contributed by atoms with van der Waals surface area (Å²) in [5.74, 6) is -1.07. The molecule has 1 N–H and O–H groups in total. The van der Waals surface area contributed by atoms with Gasteiger partial charge in [0.15, 0.2) is 0 Å². The van der Waals surface area contributed by atoms with Crippen LogP contribution in [0.15, 0.2) is 64.0 Å². The number of thioether (sulfide) groups is 1. The van der Waals surface area contributed by atoms with Crippen LogP contribution in [0.1, 0.15) is 39.4 Å². The molecule has 3 atom stereocenters. The highest BCUT2D eigenvalue weighted by Crippen LogP contribution is 2.38. The van der Waals surface area contributed by atoms with Crippen molar-refractivity contribution in [3.63, 3.8) is 0 Å². The molecule has 0 radical (unpaired) electrons. The molecule has 0 saturated heterocycles. The third kappa shape index (κ3) is 5.86. The molecule has 140 valence electrons. The smallest absolute Gasteiger partial charge is 0.313 e. The second-order valence-corrected chi connectivity index (χ2v) is 9.44. The fourth-order valence-electron chi connectivity index (χ4n) is 2.62. The van der Waals surface area contributed by atoms with Gasteiger partial charge in [0, 0.05) is 14.6 Å². The second kappa shape index (κ2) is 9.07. The number of halogens is 1. The Morgan fingerprint density at radius 1 is 1.08 bits per heavy atom. The summed E-state index contributed by atoms with van der Waals surface area (Å²) in [5.41, 5.74) is 0.103. The Balaban J connectivity index is 2.30. The normalized spacial score (nSPS) is 15.2. The Morgan fingerprint density at radius 2 is 1.65 bits per heavy atom. The SMILES string of the molecule is C[C@H](Sc1ccccc1Br)[C@H](C(=O)OC(C)(C)C)[C@@H](O)c1ccccc1. The maximum atomic E-state index is 12.9. The number of rotatable bonds is 6. The molecule has 0 aromatic heterocycles. The standard InChI is InChI=1S/C21H25BrO3S/c1-14(26-17-13-9-8-12-16(17)22)18(20(24)25-21(2,3)4)19(23)15-10-6-5-7-11-15/h5-14,18-19,23H,1-4H3/t14-,18-,19-/m0/s1. The number of carbonyl (C=O) groups excluding carboxylic acids is 1. The molecule has 0 amide bonds. The van der Waals surface area contributed by atoms with Crippen LogP contribution >= 0.6 is 27.7 Å². The van der Waals surface area contributed by atoms with Gasteiger partial charge in [-0.05, 0) is 54.4 Å². The van der Waals surface area contributed by atoms with Crippen molar-refractivity contribution in [2.45, 2.75) is 49.5 Å². The summed E-state index contributed by atoms with van der Waals surface area (Å²) in [6.07, 6.45) is -0.934. The van der Waals surface area contributed by atoms with Gasteiger partial charge < -0.3 is 9.84 Å². The number of benzene rings is 2. The summed E-state index contributed by atoms with van der Waals surface area (Å²) < 4.78 is 6.57. The van der Waals surface area contributed by atoms with Gasteiger partial charge in [-0.15, -0.1) is 11.8 Å². The van der Waals surface area contributed by atoms with E-state index >= 15 is 0 Å². The number of aliphatic hydroxyl groups excluding tert-OH is 1. The lowest BCUT2D eigenvalue weighted by Crippen LogP contribution is -2.36. The number of ether oxygens (including phenoxy) is 1. The lowest BCUT2D eigenvalue weighted by molar-refractivity contribution is -0.164. The Morgan fingerprint density at radius 3 is 2.23 bits per heavy atom. The molecule has 2 aromatic carbocycles. The van der Waals surface area contributed by atoms with E-state index in [0.717, 1.165) is 9.37 Å². The highest BCUT2D eigenvalue weighted by atomic mass is 79.9. The molecule has 0 aliphatic carbocycles. The molecule has 5 heteroatoms. The Labute approximate surface area is 168 Å². The number of hydrogen-bond donors (Lipinski definition) is 1. The molecule has 0 heterocycles. The van der Waals surface area contributed by atoms with Crippen molar-refractivity contribution >= 4 is 33.7 Å². The summed E-state index contributed by atoms with van der Waals surface area (Å²) in [4.78, 5) is 13.9. The number of hydrogen-bond acceptors (Lipinski definition) is 4. The van der Waals surface area contributed by atoms with Crippen LogP contribution in [0.3, 0.4) is 0 Å². The molecule has 2 aromatic rings. The van der Waals surface area contributed by atoms with Crippen molar-refractivity contribution in [1.82, 2.24) is 0 Å². The molecule has 0 spiro atoms. The molecule has 0 aliphatic rings. The van der Waals surface area contributed by atoms with Gasteiger partial charge in [0.2, 0.25) is 0 Å². The quantitative estimate of drug-likeness (QED) is 0.471. The van der Waals surface area contributed by atoms with Crippen LogP contribution in [0.2, 0.25) is 0 Å². The first kappa shape index (κ1) is 21.0. The maximum absolute atomic E-state index is 12.9. The molecule has 0 aliphatic heterocycles. The van der Waals surface area contributed by atoms with Crippen LogP contribution in [0.25, 0.3) is 0 Å². The van der Waals surface area contributed by atoms with E-state index in [1.807, 2.05) is 82.3 Å². The number of carbonyl (C=O) groups is 1. The van der Waals surface area contributed by atoms with Gasteiger partial charge in [-0.2, -0.15) is 0 Å². The second-order valence-electron chi connectivity index (χ2n) is 7.17. The first-order valence-corrected chi connectivity index (χ1v) is 10.2. The Kier molecular flexibility index (Phi) is 7.33. The highest BCUT2D eigenvalue weighted by Gasteiger charge is 2.37. The van der Waals surface area contributed by atoms with Crippen molar-refractivity contribution < 1.29 is 14.6 Å². The predicted octanol–water partition coefficient (Wildman–Crippen LogP) is 5.62. The summed E-state index contributed by atoms with van der Waals surface area (Å²) in [7, 11) is 0. The first-order valence-electron chi connectivity index (χ1n) is 8.56. The molecule has 0 fully saturated rings. The van der Waals surface area contributed by atoms with Gasteiger partial charge in [0.05, 0.1) is 12.0 Å². The highest BCUT2D eigenvalue weighted by molar-refractivity contribution is 9.10. The van der Waals surface area contributed by atoms with Crippen LogP contribution in [-0.4, -0.2) is 21.9 Å². The average molecular weight is 437 g/mol. The lowest BCUT2D eigenvalue weighted by atomic mass is 9.93. The van der Waals surface area contributed by atoms with Crippen LogP contribution in [-0.2, 0) is 9.53 Å². The van der Waals surface area contributed by atoms with Crippen LogP contribution < -0.4 is 0 Å². The molecule has 0 unspecified atom stereocenters. The minimum Gasteiger partial charge on any atom is -0.460 e. The van der Waals surface area contributed by atoms with Gasteiger partial charge in [-0.3, -0.25) is 4.79 Å². The third-order valence-electron chi connectivity index (χ3n) is 3.82. The van der Waals surface area contributed by atoms with Crippen molar-refractivity contribution in [2.75, 3.05) is 0 Å². The minimum atomic E-state index is -0.934. The molecule has 0 saturated carbocycles. The van der Waals surface area contributed by atoms with Crippen LogP contribution in [0.4, 0.5) is 0 Å². The number of aliphatic hydroxyl groups is 1. The first-order chi connectivity index (χ1) is 12.2. The van der Waals surface area contributed by atoms with E-state index in [1.165, 1.54) is 0 Å². The molecule has 2 rings (SSSR count). The maximum Gasteiger partial charge on any atom is 0.313 e. The molecule has 0 bridgehead atoms. The van der Waals surface area contributed by atoms with E-state index in [4.69, 9.17) is 4.74 Å². The summed E-state index contributed by atoms with van der Waals surface area (Å²) in [6.45, 7) is 7.46. The predicted molar refractivity (Wildman–Crippen MR) is 110 cm³/mol. The van der Waals surface area contributed by atoms with Gasteiger partial charge in [0.25, 0.3) is 0 Å². The lowest BCUT2D eigenvalue weighted by Gasteiger charge is -2.30. The van der Waals surface area contributed by atoms with Crippen molar-refractivity contribution in [1.29, 1.82) is 0 Å². The summed E-state index contributed by atoms with van der Waals surface area (Å²) in [6, 6.07) is 17.1. The molecule has 26 heavy (non-hydrogen) atoms. The summed E-state index contributed by atoms with van der Waals surface area (Å²) in [5, 5.41) is 10.8. The monoisotopic (exact) mass is 436 g/mol. The zero-order valence-corrected chi connectivity index (χ0v) is 17.9. The largest absolute Gasteiger partial charge is 0.460 e. The van der Waals surface area contributed by atoms with E-state index in [1.54, 1.807) is 11.8 Å². The van der Waals surface area contributed by atoms with E-state index in [0.29, 0.717) is 5.56 Å². The fraction of sp³-hybridized carbons (Fsp3) is 0.381. The molecule has 3 nitrogen and oxygen atoms in total. The van der Waals surface area contributed by atoms with E-state index in [-0.39, 0.29) is 11.2 Å². The van der Waals surface area contributed by atoms with Gasteiger partial charge >= 0.3 is 5.97 Å². The van der Waals surface area contributed by atoms with Crippen molar-refractivity contribution in [3.8, 4) is 0 Å². The number of esters is 1. The van der Waals surface area contributed by atoms with Crippen LogP contribution in [0, 0.1) is 5.92 Å². The van der Waals surface area contributed by atoms with E-state index in [9.17, 15) is 9.90 Å². The van der Waals surface area contributed by atoms with Crippen molar-refractivity contribution in [2.24, 2.45) is 5.92 Å². The van der Waals surface area contributed by atoms with Gasteiger partial charge in [-0.1, -0.05) is 49.4 Å². The zero-order chi connectivity index (χ0) is 19.3.